The molecule has 4 aromatic rings. The topological polar surface area (TPSA) is 67.2 Å². The molecule has 5 rings (SSSR count). The maximum Gasteiger partial charge on any atom is 0.294 e. The highest BCUT2D eigenvalue weighted by molar-refractivity contribution is 5.80. The zero-order chi connectivity index (χ0) is 25.1. The summed E-state index contributed by atoms with van der Waals surface area (Å²) in [5.41, 5.74) is 4.01. The number of piperidine rings is 1. The van der Waals surface area contributed by atoms with Gasteiger partial charge in [-0.15, -0.1) is 0 Å². The molecule has 7 heteroatoms. The van der Waals surface area contributed by atoms with Gasteiger partial charge in [-0.05, 0) is 43.5 Å². The molecule has 0 saturated carbocycles. The van der Waals surface area contributed by atoms with Gasteiger partial charge >= 0.3 is 0 Å². The van der Waals surface area contributed by atoms with E-state index in [2.05, 4.69) is 5.32 Å². The summed E-state index contributed by atoms with van der Waals surface area (Å²) in [4.78, 5) is 33.3. The first-order valence-corrected chi connectivity index (χ1v) is 12.3. The van der Waals surface area contributed by atoms with Crippen molar-refractivity contribution in [2.24, 2.45) is 5.92 Å². The van der Waals surface area contributed by atoms with E-state index < -0.39 is 0 Å². The van der Waals surface area contributed by atoms with E-state index in [1.807, 2.05) is 60.4 Å². The standard InChI is InChI=1S/C29H29FN4O2/c1-20-12-14-21(15-13-20)18-34-26-11-5-4-10-25(26)32-27(29(34)36)33-16-6-8-23(19-33)28(35)31-17-22-7-2-3-9-24(22)30/h2-5,7,9-15,23H,6,8,16-19H2,1H3,(H,31,35)/t23-/m1/s1. The fraction of sp³-hybridized carbons (Fsp3) is 0.276. The van der Waals surface area contributed by atoms with Gasteiger partial charge in [0, 0.05) is 25.2 Å². The number of benzene rings is 3. The van der Waals surface area contributed by atoms with E-state index in [-0.39, 0.29) is 29.7 Å². The summed E-state index contributed by atoms with van der Waals surface area (Å²) in [6.45, 7) is 3.67. The molecule has 0 spiro atoms. The monoisotopic (exact) mass is 484 g/mol. The highest BCUT2D eigenvalue weighted by atomic mass is 19.1. The van der Waals surface area contributed by atoms with Crippen molar-refractivity contribution < 1.29 is 9.18 Å². The average molecular weight is 485 g/mol. The van der Waals surface area contributed by atoms with Gasteiger partial charge in [-0.3, -0.25) is 14.2 Å². The van der Waals surface area contributed by atoms with Crippen LogP contribution in [0.15, 0.2) is 77.6 Å². The smallest absolute Gasteiger partial charge is 0.294 e. The molecule has 2 heterocycles. The summed E-state index contributed by atoms with van der Waals surface area (Å²) in [5, 5.41) is 2.86. The summed E-state index contributed by atoms with van der Waals surface area (Å²) < 4.78 is 15.7. The van der Waals surface area contributed by atoms with Crippen LogP contribution in [0.2, 0.25) is 0 Å². The number of nitrogens with zero attached hydrogens (tertiary/aromatic N) is 3. The summed E-state index contributed by atoms with van der Waals surface area (Å²) in [6, 6.07) is 22.2. The molecule has 1 atom stereocenters. The van der Waals surface area contributed by atoms with Gasteiger partial charge in [0.15, 0.2) is 5.82 Å². The number of hydrogen-bond donors (Lipinski definition) is 1. The first-order valence-electron chi connectivity index (χ1n) is 12.3. The Kier molecular flexibility index (Phi) is 6.80. The number of carbonyl (C=O) groups is 1. The predicted octanol–water partition coefficient (Wildman–Crippen LogP) is 4.43. The SMILES string of the molecule is Cc1ccc(Cn2c(=O)c(N3CCC[C@@H](C(=O)NCc4ccccc4F)C3)nc3ccccc32)cc1. The molecule has 1 aromatic heterocycles. The lowest BCUT2D eigenvalue weighted by Gasteiger charge is -2.33. The zero-order valence-electron chi connectivity index (χ0n) is 20.3. The van der Waals surface area contributed by atoms with Crippen molar-refractivity contribution >= 4 is 22.8 Å². The fourth-order valence-corrected chi connectivity index (χ4v) is 4.77. The van der Waals surface area contributed by atoms with E-state index >= 15 is 0 Å². The number of fused-ring (bicyclic) bond motifs is 1. The first kappa shape index (κ1) is 23.7. The number of carbonyl (C=O) groups excluding carboxylic acids is 1. The van der Waals surface area contributed by atoms with Gasteiger partial charge in [-0.2, -0.15) is 0 Å². The summed E-state index contributed by atoms with van der Waals surface area (Å²) >= 11 is 0. The third kappa shape index (κ3) is 5.00. The second-order valence-electron chi connectivity index (χ2n) is 9.40. The normalized spacial score (nSPS) is 15.7. The molecule has 1 N–H and O–H groups in total. The van der Waals surface area contributed by atoms with Crippen LogP contribution in [0.3, 0.4) is 0 Å². The van der Waals surface area contributed by atoms with Gasteiger partial charge in [0.1, 0.15) is 5.82 Å². The maximum absolute atomic E-state index is 13.9. The summed E-state index contributed by atoms with van der Waals surface area (Å²) in [5.74, 6) is -0.405. The fourth-order valence-electron chi connectivity index (χ4n) is 4.77. The van der Waals surface area contributed by atoms with E-state index in [9.17, 15) is 14.0 Å². The van der Waals surface area contributed by atoms with Gasteiger partial charge in [-0.1, -0.05) is 60.2 Å². The lowest BCUT2D eigenvalue weighted by Crippen LogP contribution is -2.45. The Balaban J connectivity index is 1.40. The summed E-state index contributed by atoms with van der Waals surface area (Å²) in [7, 11) is 0. The lowest BCUT2D eigenvalue weighted by atomic mass is 9.97. The minimum absolute atomic E-state index is 0.135. The van der Waals surface area contributed by atoms with Crippen molar-refractivity contribution in [3.05, 3.63) is 106 Å². The van der Waals surface area contributed by atoms with E-state index in [4.69, 9.17) is 4.98 Å². The quantitative estimate of drug-likeness (QED) is 0.440. The first-order chi connectivity index (χ1) is 17.5. The van der Waals surface area contributed by atoms with Crippen LogP contribution in [0.25, 0.3) is 11.0 Å². The molecular formula is C29H29FN4O2. The Hall–Kier alpha value is -4.00. The van der Waals surface area contributed by atoms with Crippen LogP contribution in [0, 0.1) is 18.7 Å². The number of hydrogen-bond acceptors (Lipinski definition) is 4. The number of para-hydroxylation sites is 2. The number of anilines is 1. The van der Waals surface area contributed by atoms with Gasteiger partial charge in [0.05, 0.1) is 23.5 Å². The van der Waals surface area contributed by atoms with Crippen molar-refractivity contribution in [3.63, 3.8) is 0 Å². The van der Waals surface area contributed by atoms with Crippen molar-refractivity contribution in [2.75, 3.05) is 18.0 Å². The van der Waals surface area contributed by atoms with Crippen LogP contribution >= 0.6 is 0 Å². The molecule has 0 bridgehead atoms. The number of nitrogens with one attached hydrogen (secondary N) is 1. The average Bonchev–Trinajstić information content (AvgIpc) is 2.90. The minimum Gasteiger partial charge on any atom is -0.352 e. The molecule has 6 nitrogen and oxygen atoms in total. The van der Waals surface area contributed by atoms with E-state index in [1.54, 1.807) is 22.8 Å². The Morgan fingerprint density at radius 3 is 2.61 bits per heavy atom. The van der Waals surface area contributed by atoms with E-state index in [0.29, 0.717) is 37.4 Å². The zero-order valence-corrected chi connectivity index (χ0v) is 20.3. The molecule has 0 unspecified atom stereocenters. The molecule has 1 aliphatic heterocycles. The number of rotatable bonds is 6. The molecule has 36 heavy (non-hydrogen) atoms. The van der Waals surface area contributed by atoms with Crippen LogP contribution in [0.1, 0.15) is 29.5 Å². The molecule has 1 amide bonds. The number of halogens is 1. The van der Waals surface area contributed by atoms with Crippen LogP contribution in [-0.2, 0) is 17.9 Å². The Labute approximate surface area is 209 Å². The highest BCUT2D eigenvalue weighted by Crippen LogP contribution is 2.23. The van der Waals surface area contributed by atoms with Crippen LogP contribution < -0.4 is 15.8 Å². The molecule has 3 aromatic carbocycles. The summed E-state index contributed by atoms with van der Waals surface area (Å²) in [6.07, 6.45) is 1.48. The second kappa shape index (κ2) is 10.3. The third-order valence-electron chi connectivity index (χ3n) is 6.80. The van der Waals surface area contributed by atoms with Crippen molar-refractivity contribution in [1.29, 1.82) is 0 Å². The lowest BCUT2D eigenvalue weighted by molar-refractivity contribution is -0.125. The minimum atomic E-state index is -0.336. The molecule has 1 aliphatic rings. The third-order valence-corrected chi connectivity index (χ3v) is 6.80. The molecule has 1 fully saturated rings. The van der Waals surface area contributed by atoms with Crippen molar-refractivity contribution in [3.8, 4) is 0 Å². The Morgan fingerprint density at radius 1 is 1.06 bits per heavy atom. The van der Waals surface area contributed by atoms with Crippen molar-refractivity contribution in [2.45, 2.75) is 32.9 Å². The van der Waals surface area contributed by atoms with E-state index in [1.165, 1.54) is 11.6 Å². The van der Waals surface area contributed by atoms with Gasteiger partial charge in [0.25, 0.3) is 5.56 Å². The number of aryl methyl sites for hydroxylation is 1. The van der Waals surface area contributed by atoms with Crippen LogP contribution in [-0.4, -0.2) is 28.5 Å². The van der Waals surface area contributed by atoms with Crippen LogP contribution in [0.4, 0.5) is 10.2 Å². The molecule has 0 aliphatic carbocycles. The highest BCUT2D eigenvalue weighted by Gasteiger charge is 2.28. The Bertz CT molecular complexity index is 1450. The van der Waals surface area contributed by atoms with Crippen molar-refractivity contribution in [1.82, 2.24) is 14.9 Å². The van der Waals surface area contributed by atoms with Gasteiger partial charge in [-0.25, -0.2) is 9.37 Å². The largest absolute Gasteiger partial charge is 0.352 e. The van der Waals surface area contributed by atoms with Gasteiger partial charge < -0.3 is 10.2 Å². The van der Waals surface area contributed by atoms with E-state index in [0.717, 1.165) is 23.0 Å². The number of aromatic nitrogens is 2. The molecular weight excluding hydrogens is 455 g/mol. The predicted molar refractivity (Wildman–Crippen MR) is 139 cm³/mol. The Morgan fingerprint density at radius 2 is 1.81 bits per heavy atom. The molecule has 184 valence electrons. The van der Waals surface area contributed by atoms with Crippen LogP contribution in [0.5, 0.6) is 0 Å². The molecule has 1 saturated heterocycles. The number of amides is 1. The maximum atomic E-state index is 13.9. The molecule has 0 radical (unpaired) electrons. The van der Waals surface area contributed by atoms with Gasteiger partial charge in [0.2, 0.25) is 5.91 Å². The second-order valence-corrected chi connectivity index (χ2v) is 9.40.